The first-order valence-electron chi connectivity index (χ1n) is 8.05. The molecular weight excluding hydrogens is 426 g/mol. The van der Waals surface area contributed by atoms with E-state index in [4.69, 9.17) is 11.6 Å². The number of carbonyl (C=O) groups is 1. The van der Waals surface area contributed by atoms with Crippen LogP contribution >= 0.6 is 11.6 Å². The Hall–Kier alpha value is -1.98. The Morgan fingerprint density at radius 3 is 2.18 bits per heavy atom. The van der Waals surface area contributed by atoms with E-state index in [1.54, 1.807) is 0 Å². The molecule has 0 heterocycles. The van der Waals surface area contributed by atoms with Gasteiger partial charge in [-0.3, -0.25) is 4.79 Å². The molecule has 0 aromatic heterocycles. The first-order chi connectivity index (χ1) is 12.9. The lowest BCUT2D eigenvalue weighted by Gasteiger charge is -2.16. The van der Waals surface area contributed by atoms with E-state index >= 15 is 0 Å². The van der Waals surface area contributed by atoms with Gasteiger partial charge in [-0.1, -0.05) is 17.7 Å². The fourth-order valence-electron chi connectivity index (χ4n) is 2.16. The summed E-state index contributed by atoms with van der Waals surface area (Å²) in [5.74, 6) is -0.642. The van der Waals surface area contributed by atoms with Crippen molar-refractivity contribution in [2.45, 2.75) is 22.8 Å². The molecule has 2 aromatic rings. The van der Waals surface area contributed by atoms with Crippen molar-refractivity contribution >= 4 is 43.2 Å². The summed E-state index contributed by atoms with van der Waals surface area (Å²) in [4.78, 5) is 12.3. The minimum absolute atomic E-state index is 0.00435. The number of hydrogen-bond donors (Lipinski definition) is 2. The summed E-state index contributed by atoms with van der Waals surface area (Å²) in [6.07, 6.45) is 0. The van der Waals surface area contributed by atoms with Crippen LogP contribution in [0.5, 0.6) is 0 Å². The highest BCUT2D eigenvalue weighted by molar-refractivity contribution is 7.89. The molecule has 11 heteroatoms. The molecule has 2 N–H and O–H groups in total. The molecule has 0 aliphatic heterocycles. The fourth-order valence-corrected chi connectivity index (χ4v) is 4.44. The third kappa shape index (κ3) is 5.30. The average molecular weight is 446 g/mol. The van der Waals surface area contributed by atoms with Crippen molar-refractivity contribution in [2.75, 3.05) is 19.4 Å². The van der Waals surface area contributed by atoms with Crippen molar-refractivity contribution < 1.29 is 21.6 Å². The number of anilines is 1. The second-order valence-electron chi connectivity index (χ2n) is 6.10. The fraction of sp³-hybridized carbons (Fsp3) is 0.235. The minimum atomic E-state index is -3.93. The van der Waals surface area contributed by atoms with Crippen LogP contribution in [0.3, 0.4) is 0 Å². The van der Waals surface area contributed by atoms with Gasteiger partial charge in [0.05, 0.1) is 15.8 Å². The van der Waals surface area contributed by atoms with Gasteiger partial charge in [0, 0.05) is 24.8 Å². The molecule has 0 fully saturated rings. The van der Waals surface area contributed by atoms with Crippen molar-refractivity contribution in [1.82, 2.24) is 9.03 Å². The van der Waals surface area contributed by atoms with Gasteiger partial charge in [-0.15, -0.1) is 0 Å². The number of benzene rings is 2. The zero-order valence-corrected chi connectivity index (χ0v) is 17.8. The molecule has 0 bridgehead atoms. The molecule has 8 nitrogen and oxygen atoms in total. The van der Waals surface area contributed by atoms with E-state index in [1.807, 2.05) is 0 Å². The number of hydrogen-bond acceptors (Lipinski definition) is 5. The van der Waals surface area contributed by atoms with E-state index in [9.17, 15) is 21.6 Å². The standard InChI is InChI=1S/C17H20ClN3O5S2/c1-12(20-27(23,24)15-9-7-13(18)8-10-15)17(22)19-14-5-4-6-16(11-14)28(25,26)21(2)3/h4-12,20H,1-3H3,(H,19,22). The van der Waals surface area contributed by atoms with Crippen molar-refractivity contribution in [1.29, 1.82) is 0 Å². The van der Waals surface area contributed by atoms with Crippen LogP contribution in [-0.4, -0.2) is 47.2 Å². The normalized spacial score (nSPS) is 13.3. The molecule has 0 radical (unpaired) electrons. The van der Waals surface area contributed by atoms with E-state index in [0.717, 1.165) is 4.31 Å². The molecule has 2 aromatic carbocycles. The van der Waals surface area contributed by atoms with Gasteiger partial charge in [0.2, 0.25) is 26.0 Å². The number of halogens is 1. The second-order valence-corrected chi connectivity index (χ2v) is 10.4. The summed E-state index contributed by atoms with van der Waals surface area (Å²) in [6.45, 7) is 1.38. The van der Waals surface area contributed by atoms with Gasteiger partial charge in [-0.25, -0.2) is 21.1 Å². The predicted octanol–water partition coefficient (Wildman–Crippen LogP) is 1.90. The first kappa shape index (κ1) is 22.3. The van der Waals surface area contributed by atoms with Gasteiger partial charge < -0.3 is 5.32 Å². The maximum Gasteiger partial charge on any atom is 0.242 e. The maximum absolute atomic E-state index is 12.4. The third-order valence-corrected chi connectivity index (χ3v) is 7.35. The maximum atomic E-state index is 12.4. The molecule has 1 atom stereocenters. The van der Waals surface area contributed by atoms with Gasteiger partial charge >= 0.3 is 0 Å². The van der Waals surface area contributed by atoms with E-state index in [-0.39, 0.29) is 15.5 Å². The van der Waals surface area contributed by atoms with E-state index in [0.29, 0.717) is 5.02 Å². The molecule has 0 saturated carbocycles. The smallest absolute Gasteiger partial charge is 0.242 e. The van der Waals surface area contributed by atoms with Crippen molar-refractivity contribution in [3.8, 4) is 0 Å². The van der Waals surface area contributed by atoms with E-state index in [2.05, 4.69) is 10.0 Å². The lowest BCUT2D eigenvalue weighted by molar-refractivity contribution is -0.117. The Morgan fingerprint density at radius 2 is 1.61 bits per heavy atom. The number of carbonyl (C=O) groups excluding carboxylic acids is 1. The van der Waals surface area contributed by atoms with E-state index in [1.165, 1.54) is 69.6 Å². The molecule has 2 rings (SSSR count). The Balaban J connectivity index is 2.14. The van der Waals surface area contributed by atoms with E-state index < -0.39 is 32.0 Å². The third-order valence-electron chi connectivity index (χ3n) is 3.73. The van der Waals surface area contributed by atoms with Crippen LogP contribution < -0.4 is 10.0 Å². The Bertz CT molecular complexity index is 1070. The predicted molar refractivity (Wildman–Crippen MR) is 107 cm³/mol. The Morgan fingerprint density at radius 1 is 1.00 bits per heavy atom. The molecule has 0 saturated heterocycles. The first-order valence-corrected chi connectivity index (χ1v) is 11.3. The van der Waals surface area contributed by atoms with Gasteiger partial charge in [-0.2, -0.15) is 4.72 Å². The van der Waals surface area contributed by atoms with Crippen LogP contribution in [-0.2, 0) is 24.8 Å². The van der Waals surface area contributed by atoms with Gasteiger partial charge in [0.25, 0.3) is 0 Å². The lowest BCUT2D eigenvalue weighted by Crippen LogP contribution is -2.41. The van der Waals surface area contributed by atoms with Crippen molar-refractivity contribution in [3.05, 3.63) is 53.6 Å². The molecular formula is C17H20ClN3O5S2. The molecule has 1 amide bonds. The monoisotopic (exact) mass is 445 g/mol. The van der Waals surface area contributed by atoms with Crippen LogP contribution in [0.2, 0.25) is 5.02 Å². The van der Waals surface area contributed by atoms with Crippen molar-refractivity contribution in [3.63, 3.8) is 0 Å². The largest absolute Gasteiger partial charge is 0.325 e. The number of amides is 1. The number of rotatable bonds is 7. The minimum Gasteiger partial charge on any atom is -0.325 e. The summed E-state index contributed by atoms with van der Waals surface area (Å²) < 4.78 is 52.4. The van der Waals surface area contributed by atoms with Gasteiger partial charge in [0.1, 0.15) is 0 Å². The second kappa shape index (κ2) is 8.58. The molecule has 1 unspecified atom stereocenters. The van der Waals surface area contributed by atoms with Crippen LogP contribution in [0.1, 0.15) is 6.92 Å². The Kier molecular flexibility index (Phi) is 6.84. The van der Waals surface area contributed by atoms with Crippen LogP contribution in [0.15, 0.2) is 58.3 Å². The highest BCUT2D eigenvalue weighted by Gasteiger charge is 2.23. The highest BCUT2D eigenvalue weighted by Crippen LogP contribution is 2.18. The molecule has 0 spiro atoms. The van der Waals surface area contributed by atoms with Crippen LogP contribution in [0.4, 0.5) is 5.69 Å². The number of nitrogens with one attached hydrogen (secondary N) is 2. The quantitative estimate of drug-likeness (QED) is 0.675. The summed E-state index contributed by atoms with van der Waals surface area (Å²) in [5, 5.41) is 2.89. The lowest BCUT2D eigenvalue weighted by atomic mass is 10.3. The SMILES string of the molecule is CC(NS(=O)(=O)c1ccc(Cl)cc1)C(=O)Nc1cccc(S(=O)(=O)N(C)C)c1. The summed E-state index contributed by atoms with van der Waals surface area (Å²) in [7, 11) is -4.80. The van der Waals surface area contributed by atoms with Crippen molar-refractivity contribution in [2.24, 2.45) is 0 Å². The highest BCUT2D eigenvalue weighted by atomic mass is 35.5. The number of nitrogens with zero attached hydrogens (tertiary/aromatic N) is 1. The van der Waals surface area contributed by atoms with Crippen LogP contribution in [0, 0.1) is 0 Å². The zero-order chi connectivity index (χ0) is 21.1. The topological polar surface area (TPSA) is 113 Å². The van der Waals surface area contributed by atoms with Gasteiger partial charge in [-0.05, 0) is 49.4 Å². The summed E-state index contributed by atoms with van der Waals surface area (Å²) >= 11 is 5.75. The molecule has 0 aliphatic rings. The zero-order valence-electron chi connectivity index (χ0n) is 15.4. The average Bonchev–Trinajstić information content (AvgIpc) is 2.61. The Labute approximate surface area is 169 Å². The van der Waals surface area contributed by atoms with Crippen LogP contribution in [0.25, 0.3) is 0 Å². The summed E-state index contributed by atoms with van der Waals surface area (Å²) in [6, 6.07) is 10.1. The molecule has 152 valence electrons. The summed E-state index contributed by atoms with van der Waals surface area (Å²) in [5.41, 5.74) is 0.227. The number of sulfonamides is 2. The molecule has 28 heavy (non-hydrogen) atoms. The van der Waals surface area contributed by atoms with Gasteiger partial charge in [0.15, 0.2) is 0 Å². The molecule has 0 aliphatic carbocycles.